The van der Waals surface area contributed by atoms with E-state index in [0.717, 1.165) is 10.6 Å². The molecule has 0 saturated heterocycles. The first-order valence-corrected chi connectivity index (χ1v) is 9.43. The summed E-state index contributed by atoms with van der Waals surface area (Å²) in [5.41, 5.74) is 0.609. The summed E-state index contributed by atoms with van der Waals surface area (Å²) in [6.45, 7) is 0. The summed E-state index contributed by atoms with van der Waals surface area (Å²) in [5.74, 6) is 0.819. The van der Waals surface area contributed by atoms with Gasteiger partial charge in [0.05, 0.1) is 32.4 Å². The Morgan fingerprint density at radius 3 is 2.44 bits per heavy atom. The van der Waals surface area contributed by atoms with Crippen LogP contribution in [0, 0.1) is 0 Å². The highest BCUT2D eigenvalue weighted by molar-refractivity contribution is 7.92. The number of hydrogen-bond acceptors (Lipinski definition) is 7. The zero-order chi connectivity index (χ0) is 18.8. The lowest BCUT2D eigenvalue weighted by Gasteiger charge is -2.24. The van der Waals surface area contributed by atoms with Crippen molar-refractivity contribution in [3.63, 3.8) is 0 Å². The van der Waals surface area contributed by atoms with E-state index in [1.54, 1.807) is 12.1 Å². The van der Waals surface area contributed by atoms with Crippen molar-refractivity contribution in [1.29, 1.82) is 0 Å². The molecule has 0 aliphatic heterocycles. The molecular weight excluding hydrogens is 391 g/mol. The summed E-state index contributed by atoms with van der Waals surface area (Å²) in [6, 6.07) is 3.24. The fraction of sp³-hybridized carbons (Fsp3) is 0.286. The minimum Gasteiger partial charge on any atom is -0.493 e. The van der Waals surface area contributed by atoms with E-state index in [2.05, 4.69) is 15.3 Å². The topological polar surface area (TPSA) is 93.6 Å². The van der Waals surface area contributed by atoms with Crippen LogP contribution in [0.15, 0.2) is 18.3 Å². The van der Waals surface area contributed by atoms with Gasteiger partial charge in [-0.25, -0.2) is 13.4 Å². The monoisotopic (exact) mass is 406 g/mol. The van der Waals surface area contributed by atoms with Crippen molar-refractivity contribution in [3.05, 3.63) is 28.6 Å². The Morgan fingerprint density at radius 1 is 1.20 bits per heavy atom. The molecule has 1 N–H and O–H groups in total. The van der Waals surface area contributed by atoms with Gasteiger partial charge in [-0.3, -0.25) is 4.31 Å². The first kappa shape index (κ1) is 19.4. The second-order valence-corrected chi connectivity index (χ2v) is 7.65. The zero-order valence-electron chi connectivity index (χ0n) is 13.9. The molecule has 0 amide bonds. The van der Waals surface area contributed by atoms with E-state index < -0.39 is 10.0 Å². The molecule has 136 valence electrons. The molecule has 0 atom stereocenters. The SMILES string of the molecule is COc1ccc(Nc2nc(Cl)ncc2Cl)c(N(C)S(C)(=O)=O)c1OC. The highest BCUT2D eigenvalue weighted by Crippen LogP contribution is 2.44. The quantitative estimate of drug-likeness (QED) is 0.736. The Kier molecular flexibility index (Phi) is 5.81. The number of hydrogen-bond donors (Lipinski definition) is 1. The van der Waals surface area contributed by atoms with E-state index >= 15 is 0 Å². The highest BCUT2D eigenvalue weighted by Gasteiger charge is 2.24. The van der Waals surface area contributed by atoms with Gasteiger partial charge < -0.3 is 14.8 Å². The van der Waals surface area contributed by atoms with Crippen LogP contribution >= 0.6 is 23.2 Å². The zero-order valence-corrected chi connectivity index (χ0v) is 16.2. The van der Waals surface area contributed by atoms with Crippen molar-refractivity contribution in [3.8, 4) is 11.5 Å². The molecule has 1 aromatic carbocycles. The van der Waals surface area contributed by atoms with Crippen LogP contribution in [-0.2, 0) is 10.0 Å². The molecule has 11 heteroatoms. The number of benzene rings is 1. The van der Waals surface area contributed by atoms with Crippen LogP contribution in [0.2, 0.25) is 10.3 Å². The van der Waals surface area contributed by atoms with E-state index in [1.807, 2.05) is 0 Å². The maximum atomic E-state index is 12.1. The number of sulfonamides is 1. The average Bonchev–Trinajstić information content (AvgIpc) is 2.56. The largest absolute Gasteiger partial charge is 0.493 e. The number of ether oxygens (including phenoxy) is 2. The Bertz CT molecular complexity index is 893. The van der Waals surface area contributed by atoms with Gasteiger partial charge in [0.15, 0.2) is 17.3 Å². The maximum absolute atomic E-state index is 12.1. The van der Waals surface area contributed by atoms with Crippen LogP contribution in [0.1, 0.15) is 0 Å². The Labute approximate surface area is 155 Å². The molecule has 8 nitrogen and oxygen atoms in total. The minimum atomic E-state index is -3.58. The average molecular weight is 407 g/mol. The Hall–Kier alpha value is -1.97. The van der Waals surface area contributed by atoms with Gasteiger partial charge in [0.25, 0.3) is 0 Å². The molecule has 0 radical (unpaired) electrons. The van der Waals surface area contributed by atoms with E-state index in [-0.39, 0.29) is 27.6 Å². The van der Waals surface area contributed by atoms with Crippen LogP contribution < -0.4 is 19.1 Å². The minimum absolute atomic E-state index is 0.00889. The second-order valence-electron chi connectivity index (χ2n) is 4.89. The highest BCUT2D eigenvalue weighted by atomic mass is 35.5. The van der Waals surface area contributed by atoms with E-state index in [0.29, 0.717) is 11.4 Å². The number of methoxy groups -OCH3 is 2. The van der Waals surface area contributed by atoms with Gasteiger partial charge >= 0.3 is 0 Å². The van der Waals surface area contributed by atoms with Crippen LogP contribution in [-0.4, -0.2) is 45.9 Å². The van der Waals surface area contributed by atoms with Gasteiger partial charge in [0.2, 0.25) is 15.3 Å². The van der Waals surface area contributed by atoms with Crippen molar-refractivity contribution in [1.82, 2.24) is 9.97 Å². The van der Waals surface area contributed by atoms with Crippen molar-refractivity contribution in [2.45, 2.75) is 0 Å². The standard InChI is InChI=1S/C14H16Cl2N4O4S/c1-20(25(4,21)22)11-9(5-6-10(23-2)12(11)24-3)18-13-8(15)7-17-14(16)19-13/h5-7H,1-4H3,(H,17,18,19). The molecule has 0 spiro atoms. The van der Waals surface area contributed by atoms with Crippen LogP contribution in [0.3, 0.4) is 0 Å². The fourth-order valence-corrected chi connectivity index (χ4v) is 2.84. The van der Waals surface area contributed by atoms with Crippen molar-refractivity contribution in [2.75, 3.05) is 37.1 Å². The van der Waals surface area contributed by atoms with Gasteiger partial charge in [-0.1, -0.05) is 11.6 Å². The number of halogens is 2. The van der Waals surface area contributed by atoms with Gasteiger partial charge in [-0.15, -0.1) is 0 Å². The smallest absolute Gasteiger partial charge is 0.232 e. The third-order valence-corrected chi connectivity index (χ3v) is 4.94. The van der Waals surface area contributed by atoms with Gasteiger partial charge in [-0.05, 0) is 23.7 Å². The molecule has 0 saturated carbocycles. The summed E-state index contributed by atoms with van der Waals surface area (Å²) < 4.78 is 35.8. The third kappa shape index (κ3) is 4.17. The number of nitrogens with zero attached hydrogens (tertiary/aromatic N) is 3. The Morgan fingerprint density at radius 2 is 1.88 bits per heavy atom. The summed E-state index contributed by atoms with van der Waals surface area (Å²) in [4.78, 5) is 7.77. The summed E-state index contributed by atoms with van der Waals surface area (Å²) in [7, 11) is 0.682. The predicted molar refractivity (Wildman–Crippen MR) is 98.1 cm³/mol. The summed E-state index contributed by atoms with van der Waals surface area (Å²) in [5, 5.41) is 3.16. The normalized spacial score (nSPS) is 11.1. The molecule has 0 unspecified atom stereocenters. The van der Waals surface area contributed by atoms with Gasteiger partial charge in [-0.2, -0.15) is 4.98 Å². The number of rotatable bonds is 6. The number of aromatic nitrogens is 2. The number of anilines is 3. The fourth-order valence-electron chi connectivity index (χ4n) is 2.05. The molecular formula is C14H16Cl2N4O4S. The van der Waals surface area contributed by atoms with Crippen LogP contribution in [0.4, 0.5) is 17.2 Å². The second kappa shape index (κ2) is 7.51. The summed E-state index contributed by atoms with van der Waals surface area (Å²) >= 11 is 11.9. The molecule has 2 aromatic rings. The molecule has 25 heavy (non-hydrogen) atoms. The van der Waals surface area contributed by atoms with E-state index in [4.69, 9.17) is 32.7 Å². The van der Waals surface area contributed by atoms with Crippen molar-refractivity contribution < 1.29 is 17.9 Å². The Balaban J connectivity index is 2.66. The van der Waals surface area contributed by atoms with Crippen molar-refractivity contribution >= 4 is 50.4 Å². The lowest BCUT2D eigenvalue weighted by molar-refractivity contribution is 0.356. The van der Waals surface area contributed by atoms with Gasteiger partial charge in [0, 0.05) is 7.05 Å². The van der Waals surface area contributed by atoms with E-state index in [1.165, 1.54) is 27.5 Å². The number of nitrogens with one attached hydrogen (secondary N) is 1. The maximum Gasteiger partial charge on any atom is 0.232 e. The molecule has 1 aromatic heterocycles. The molecule has 2 rings (SSSR count). The van der Waals surface area contributed by atoms with Crippen molar-refractivity contribution in [2.24, 2.45) is 0 Å². The van der Waals surface area contributed by atoms with E-state index in [9.17, 15) is 8.42 Å². The molecule has 1 heterocycles. The lowest BCUT2D eigenvalue weighted by atomic mass is 10.2. The first-order valence-electron chi connectivity index (χ1n) is 6.83. The predicted octanol–water partition coefficient (Wildman–Crippen LogP) is 2.94. The first-order chi connectivity index (χ1) is 11.7. The molecule has 0 bridgehead atoms. The summed E-state index contributed by atoms with van der Waals surface area (Å²) in [6.07, 6.45) is 2.41. The van der Waals surface area contributed by atoms with Crippen LogP contribution in [0.5, 0.6) is 11.5 Å². The lowest BCUT2D eigenvalue weighted by Crippen LogP contribution is -2.26. The third-order valence-electron chi connectivity index (χ3n) is 3.30. The molecule has 0 fully saturated rings. The van der Waals surface area contributed by atoms with Crippen LogP contribution in [0.25, 0.3) is 0 Å². The molecule has 0 aliphatic rings. The van der Waals surface area contributed by atoms with Gasteiger partial charge in [0.1, 0.15) is 10.7 Å². The molecule has 0 aliphatic carbocycles.